The highest BCUT2D eigenvalue weighted by atomic mass is 16.4. The lowest BCUT2D eigenvalue weighted by Gasteiger charge is -2.26. The minimum absolute atomic E-state index is 0.689. The van der Waals surface area contributed by atoms with Gasteiger partial charge in [-0.3, -0.25) is 4.79 Å². The number of hydrogen-bond donors (Lipinski definition) is 2. The zero-order valence-corrected chi connectivity index (χ0v) is 13.3. The van der Waals surface area contributed by atoms with Crippen molar-refractivity contribution in [3.05, 3.63) is 0 Å². The summed E-state index contributed by atoms with van der Waals surface area (Å²) < 4.78 is 0. The van der Waals surface area contributed by atoms with E-state index >= 15 is 0 Å². The highest BCUT2D eigenvalue weighted by Crippen LogP contribution is 2.14. The van der Waals surface area contributed by atoms with Crippen LogP contribution in [0.15, 0.2) is 0 Å². The molecule has 4 nitrogen and oxygen atoms in total. The first-order valence-electron chi connectivity index (χ1n) is 7.48. The average molecular weight is 272 g/mol. The Morgan fingerprint density at radius 1 is 1.32 bits per heavy atom. The van der Waals surface area contributed by atoms with Crippen molar-refractivity contribution in [2.45, 2.75) is 58.9 Å². The molecule has 0 radical (unpaired) electrons. The van der Waals surface area contributed by atoms with Crippen LogP contribution in [0.5, 0.6) is 0 Å². The van der Waals surface area contributed by atoms with Gasteiger partial charge in [-0.25, -0.2) is 0 Å². The largest absolute Gasteiger partial charge is 0.480 e. The number of unbranched alkanes of at least 4 members (excludes halogenated alkanes) is 1. The van der Waals surface area contributed by atoms with E-state index in [0.717, 1.165) is 31.8 Å². The van der Waals surface area contributed by atoms with Crippen LogP contribution in [0.1, 0.15) is 53.4 Å². The van der Waals surface area contributed by atoms with E-state index in [1.165, 1.54) is 6.42 Å². The molecule has 0 heterocycles. The maximum atomic E-state index is 11.2. The Bertz CT molecular complexity index is 257. The van der Waals surface area contributed by atoms with Crippen LogP contribution in [-0.2, 0) is 4.79 Å². The zero-order chi connectivity index (χ0) is 14.9. The van der Waals surface area contributed by atoms with E-state index in [9.17, 15) is 9.90 Å². The van der Waals surface area contributed by atoms with Gasteiger partial charge in [-0.2, -0.15) is 0 Å². The van der Waals surface area contributed by atoms with Crippen molar-refractivity contribution in [3.8, 4) is 0 Å². The minimum atomic E-state index is -0.773. The summed E-state index contributed by atoms with van der Waals surface area (Å²) in [5.74, 6) is -0.00554. The van der Waals surface area contributed by atoms with Crippen molar-refractivity contribution >= 4 is 5.97 Å². The lowest BCUT2D eigenvalue weighted by Crippen LogP contribution is -2.49. The van der Waals surface area contributed by atoms with Gasteiger partial charge in [-0.05, 0) is 65.2 Å². The van der Waals surface area contributed by atoms with Gasteiger partial charge < -0.3 is 15.3 Å². The molecule has 0 aromatic rings. The van der Waals surface area contributed by atoms with Gasteiger partial charge in [0.2, 0.25) is 0 Å². The summed E-state index contributed by atoms with van der Waals surface area (Å²) in [6.07, 6.45) is 3.92. The summed E-state index contributed by atoms with van der Waals surface area (Å²) in [6, 6.07) is 0. The predicted molar refractivity (Wildman–Crippen MR) is 80.5 cm³/mol. The quantitative estimate of drug-likeness (QED) is 0.568. The van der Waals surface area contributed by atoms with E-state index in [4.69, 9.17) is 0 Å². The number of carboxylic acids is 1. The van der Waals surface area contributed by atoms with Crippen molar-refractivity contribution in [2.24, 2.45) is 5.92 Å². The van der Waals surface area contributed by atoms with Gasteiger partial charge >= 0.3 is 5.97 Å². The zero-order valence-electron chi connectivity index (χ0n) is 13.3. The average Bonchev–Trinajstić information content (AvgIpc) is 2.32. The molecule has 0 aromatic carbocycles. The number of carboxylic acid groups (broad SMARTS) is 1. The third-order valence-corrected chi connectivity index (χ3v) is 3.59. The van der Waals surface area contributed by atoms with Crippen LogP contribution in [0.2, 0.25) is 0 Å². The third-order valence-electron chi connectivity index (χ3n) is 3.59. The first-order valence-corrected chi connectivity index (χ1v) is 7.48. The molecule has 0 aliphatic carbocycles. The number of nitrogens with zero attached hydrogens (tertiary/aromatic N) is 1. The number of hydrogen-bond acceptors (Lipinski definition) is 3. The maximum Gasteiger partial charge on any atom is 0.323 e. The summed E-state index contributed by atoms with van der Waals surface area (Å²) in [7, 11) is 2.14. The molecular formula is C15H32N2O2. The second kappa shape index (κ2) is 9.32. The normalized spacial score (nSPS) is 14.9. The summed E-state index contributed by atoms with van der Waals surface area (Å²) in [5.41, 5.74) is -0.773. The molecule has 0 aromatic heterocycles. The standard InChI is InChI=1S/C15H32N2O2/c1-6-16-15(4,14(18)19)10-7-8-11-17(5)12-9-13(2)3/h13,16H,6-12H2,1-5H3,(H,18,19). The van der Waals surface area contributed by atoms with Crippen molar-refractivity contribution in [1.29, 1.82) is 0 Å². The molecule has 19 heavy (non-hydrogen) atoms. The summed E-state index contributed by atoms with van der Waals surface area (Å²) >= 11 is 0. The van der Waals surface area contributed by atoms with Crippen molar-refractivity contribution in [1.82, 2.24) is 10.2 Å². The van der Waals surface area contributed by atoms with Gasteiger partial charge in [0.1, 0.15) is 5.54 Å². The number of likely N-dealkylation sites (N-methyl/N-ethyl adjacent to an activating group) is 1. The Balaban J connectivity index is 3.85. The van der Waals surface area contributed by atoms with Gasteiger partial charge in [0.05, 0.1) is 0 Å². The van der Waals surface area contributed by atoms with Gasteiger partial charge in [0, 0.05) is 0 Å². The maximum absolute atomic E-state index is 11.2. The van der Waals surface area contributed by atoms with Gasteiger partial charge in [-0.15, -0.1) is 0 Å². The Morgan fingerprint density at radius 3 is 2.42 bits per heavy atom. The summed E-state index contributed by atoms with van der Waals surface area (Å²) in [6.45, 7) is 11.1. The topological polar surface area (TPSA) is 52.6 Å². The number of rotatable bonds is 11. The molecule has 2 N–H and O–H groups in total. The molecule has 0 fully saturated rings. The van der Waals surface area contributed by atoms with E-state index in [1.54, 1.807) is 6.92 Å². The Labute approximate surface area is 118 Å². The van der Waals surface area contributed by atoms with Gasteiger partial charge in [0.25, 0.3) is 0 Å². The minimum Gasteiger partial charge on any atom is -0.480 e. The Kier molecular flexibility index (Phi) is 9.02. The summed E-state index contributed by atoms with van der Waals surface area (Å²) in [5, 5.41) is 12.3. The lowest BCUT2D eigenvalue weighted by molar-refractivity contribution is -0.144. The second-order valence-corrected chi connectivity index (χ2v) is 6.11. The molecule has 0 rings (SSSR count). The molecule has 0 saturated carbocycles. The number of nitrogens with one attached hydrogen (secondary N) is 1. The molecular weight excluding hydrogens is 240 g/mol. The molecule has 0 saturated heterocycles. The molecule has 0 amide bonds. The van der Waals surface area contributed by atoms with Crippen LogP contribution in [0.3, 0.4) is 0 Å². The monoisotopic (exact) mass is 272 g/mol. The number of carbonyl (C=O) groups is 1. The van der Waals surface area contributed by atoms with Crippen LogP contribution < -0.4 is 5.32 Å². The van der Waals surface area contributed by atoms with E-state index in [1.807, 2.05) is 6.92 Å². The van der Waals surface area contributed by atoms with Crippen LogP contribution in [0.25, 0.3) is 0 Å². The molecule has 4 heteroatoms. The first-order chi connectivity index (χ1) is 8.81. The predicted octanol–water partition coefficient (Wildman–Crippen LogP) is 2.59. The molecule has 0 aliphatic rings. The van der Waals surface area contributed by atoms with Crippen molar-refractivity contribution in [2.75, 3.05) is 26.7 Å². The van der Waals surface area contributed by atoms with Crippen LogP contribution in [0, 0.1) is 5.92 Å². The third kappa shape index (κ3) is 8.22. The van der Waals surface area contributed by atoms with Crippen molar-refractivity contribution in [3.63, 3.8) is 0 Å². The Hall–Kier alpha value is -0.610. The lowest BCUT2D eigenvalue weighted by atomic mass is 9.95. The first kappa shape index (κ1) is 18.4. The summed E-state index contributed by atoms with van der Waals surface area (Å²) in [4.78, 5) is 13.6. The Morgan fingerprint density at radius 2 is 1.95 bits per heavy atom. The fraction of sp³-hybridized carbons (Fsp3) is 0.933. The SMILES string of the molecule is CCNC(C)(CCCCN(C)CCC(C)C)C(=O)O. The van der Waals surface area contributed by atoms with Crippen molar-refractivity contribution < 1.29 is 9.90 Å². The number of aliphatic carboxylic acids is 1. The highest BCUT2D eigenvalue weighted by molar-refractivity contribution is 5.78. The van der Waals surface area contributed by atoms with E-state index in [2.05, 4.69) is 31.1 Å². The van der Waals surface area contributed by atoms with E-state index in [0.29, 0.717) is 13.0 Å². The van der Waals surface area contributed by atoms with E-state index < -0.39 is 11.5 Å². The molecule has 114 valence electrons. The van der Waals surface area contributed by atoms with Crippen LogP contribution in [-0.4, -0.2) is 48.2 Å². The van der Waals surface area contributed by atoms with Gasteiger partial charge in [0.15, 0.2) is 0 Å². The smallest absolute Gasteiger partial charge is 0.323 e. The fourth-order valence-electron chi connectivity index (χ4n) is 2.11. The molecule has 0 bridgehead atoms. The molecule has 0 aliphatic heterocycles. The van der Waals surface area contributed by atoms with E-state index in [-0.39, 0.29) is 0 Å². The fourth-order valence-corrected chi connectivity index (χ4v) is 2.11. The van der Waals surface area contributed by atoms with Gasteiger partial charge in [-0.1, -0.05) is 20.8 Å². The van der Waals surface area contributed by atoms with Crippen LogP contribution in [0.4, 0.5) is 0 Å². The molecule has 0 spiro atoms. The molecule has 1 unspecified atom stereocenters. The highest BCUT2D eigenvalue weighted by Gasteiger charge is 2.30. The molecule has 1 atom stereocenters. The van der Waals surface area contributed by atoms with Crippen LogP contribution >= 0.6 is 0 Å². The second-order valence-electron chi connectivity index (χ2n) is 6.11.